The molecule has 0 saturated carbocycles. The fourth-order valence-electron chi connectivity index (χ4n) is 13.2. The predicted molar refractivity (Wildman–Crippen MR) is 311 cm³/mol. The SMILES string of the molecule is c1ccc2c(c1)-c1ccccc1C21c2ccccc2-c2cc(-c3cccc4c3sc3ccccc34)c(N(c3ccc(-c4cccc5ccccc45)cc3)c3ccc4c5ccccc5c5ccccc5c4c3)cc21. The van der Waals surface area contributed by atoms with E-state index in [0.717, 1.165) is 17.1 Å². The van der Waals surface area contributed by atoms with Crippen molar-refractivity contribution in [3.63, 3.8) is 0 Å². The summed E-state index contributed by atoms with van der Waals surface area (Å²) < 4.78 is 2.59. The Morgan fingerprint density at radius 3 is 1.44 bits per heavy atom. The predicted octanol–water partition coefficient (Wildman–Crippen LogP) is 19.8. The van der Waals surface area contributed by atoms with E-state index in [2.05, 4.69) is 266 Å². The van der Waals surface area contributed by atoms with Gasteiger partial charge in [-0.3, -0.25) is 0 Å². The Morgan fingerprint density at radius 2 is 0.753 bits per heavy atom. The first-order valence-electron chi connectivity index (χ1n) is 25.3. The molecule has 0 unspecified atom stereocenters. The standard InChI is InChI=1S/C71H43NS/c1-2-19-48-44(17-1)18-15-28-49(48)45-35-37-46(38-36-45)72(47-39-40-54-52-22-4-3-20-50(52)51-21-5-6-23-53(51)61(54)41-47)68-43-67-62(42-63(68)60-30-16-29-59-58-27-10-14-34-69(58)73-70(59)60)57-26-9-13-33-66(57)71(67)64-31-11-7-24-55(64)56-25-8-12-32-65(56)71/h1-43H. The lowest BCUT2D eigenvalue weighted by Gasteiger charge is -2.33. The van der Waals surface area contributed by atoms with Gasteiger partial charge < -0.3 is 4.90 Å². The first kappa shape index (κ1) is 40.6. The third-order valence-electron chi connectivity index (χ3n) is 16.3. The van der Waals surface area contributed by atoms with Crippen molar-refractivity contribution in [1.29, 1.82) is 0 Å². The number of hydrogen-bond acceptors (Lipinski definition) is 2. The van der Waals surface area contributed by atoms with Crippen LogP contribution in [0.25, 0.3) is 108 Å². The molecule has 1 nitrogen and oxygen atoms in total. The molecule has 0 atom stereocenters. The maximum absolute atomic E-state index is 2.59. The van der Waals surface area contributed by atoms with Crippen LogP contribution in [0.15, 0.2) is 261 Å². The molecule has 0 fully saturated rings. The van der Waals surface area contributed by atoms with E-state index in [1.165, 1.54) is 130 Å². The number of benzene rings is 13. The second kappa shape index (κ2) is 15.5. The van der Waals surface area contributed by atoms with Crippen LogP contribution in [0, 0.1) is 0 Å². The smallest absolute Gasteiger partial charge is 0.0726 e. The Bertz CT molecular complexity index is 4550. The minimum Gasteiger partial charge on any atom is -0.310 e. The van der Waals surface area contributed by atoms with Gasteiger partial charge in [0.15, 0.2) is 0 Å². The minimum absolute atomic E-state index is 0.529. The fraction of sp³-hybridized carbons (Fsp3) is 0.0141. The Labute approximate surface area is 427 Å². The molecule has 73 heavy (non-hydrogen) atoms. The van der Waals surface area contributed by atoms with E-state index in [9.17, 15) is 0 Å². The van der Waals surface area contributed by atoms with Gasteiger partial charge in [0, 0.05) is 42.7 Å². The maximum Gasteiger partial charge on any atom is 0.0726 e. The average Bonchev–Trinajstić information content (AvgIpc) is 4.11. The molecule has 13 aromatic carbocycles. The molecule has 0 bridgehead atoms. The van der Waals surface area contributed by atoms with Crippen molar-refractivity contribution in [3.05, 3.63) is 283 Å². The van der Waals surface area contributed by atoms with Crippen LogP contribution in [0.1, 0.15) is 22.3 Å². The van der Waals surface area contributed by atoms with Crippen LogP contribution in [-0.2, 0) is 5.41 Å². The van der Waals surface area contributed by atoms with Crippen LogP contribution in [0.3, 0.4) is 0 Å². The molecule has 338 valence electrons. The fourth-order valence-corrected chi connectivity index (χ4v) is 14.4. The quantitative estimate of drug-likeness (QED) is 0.155. The van der Waals surface area contributed by atoms with Gasteiger partial charge in [-0.15, -0.1) is 11.3 Å². The average molecular weight is 942 g/mol. The van der Waals surface area contributed by atoms with Crippen molar-refractivity contribution < 1.29 is 0 Å². The van der Waals surface area contributed by atoms with Crippen molar-refractivity contribution in [2.24, 2.45) is 0 Å². The van der Waals surface area contributed by atoms with Gasteiger partial charge in [0.25, 0.3) is 0 Å². The number of nitrogens with zero attached hydrogens (tertiary/aromatic N) is 1. The van der Waals surface area contributed by atoms with Crippen LogP contribution in [0.5, 0.6) is 0 Å². The highest BCUT2D eigenvalue weighted by molar-refractivity contribution is 7.26. The molecule has 2 heteroatoms. The summed E-state index contributed by atoms with van der Waals surface area (Å²) in [6.45, 7) is 0. The molecule has 0 saturated heterocycles. The summed E-state index contributed by atoms with van der Waals surface area (Å²) in [5, 5.41) is 12.6. The van der Waals surface area contributed by atoms with E-state index in [1.807, 2.05) is 11.3 Å². The Hall–Kier alpha value is -9.08. The zero-order valence-electron chi connectivity index (χ0n) is 39.7. The largest absolute Gasteiger partial charge is 0.310 e. The summed E-state index contributed by atoms with van der Waals surface area (Å²) in [5.74, 6) is 0. The molecule has 0 N–H and O–H groups in total. The molecule has 14 aromatic rings. The Balaban J connectivity index is 1.04. The highest BCUT2D eigenvalue weighted by Crippen LogP contribution is 2.64. The van der Waals surface area contributed by atoms with Gasteiger partial charge in [-0.1, -0.05) is 218 Å². The van der Waals surface area contributed by atoms with Crippen molar-refractivity contribution >= 4 is 91.7 Å². The molecule has 0 radical (unpaired) electrons. The zero-order chi connectivity index (χ0) is 47.8. The molecular weight excluding hydrogens is 899 g/mol. The minimum atomic E-state index is -0.529. The lowest BCUT2D eigenvalue weighted by molar-refractivity contribution is 0.794. The van der Waals surface area contributed by atoms with Crippen LogP contribution >= 0.6 is 11.3 Å². The van der Waals surface area contributed by atoms with Crippen LogP contribution in [0.4, 0.5) is 17.1 Å². The summed E-state index contributed by atoms with van der Waals surface area (Å²) in [6, 6.07) is 98.3. The molecule has 0 amide bonds. The molecular formula is C71H43NS. The first-order chi connectivity index (χ1) is 36.2. The van der Waals surface area contributed by atoms with Gasteiger partial charge in [-0.05, 0) is 141 Å². The summed E-state index contributed by atoms with van der Waals surface area (Å²) in [4.78, 5) is 2.57. The highest BCUT2D eigenvalue weighted by Gasteiger charge is 2.52. The van der Waals surface area contributed by atoms with Gasteiger partial charge >= 0.3 is 0 Å². The molecule has 1 aromatic heterocycles. The van der Waals surface area contributed by atoms with Crippen molar-refractivity contribution in [2.75, 3.05) is 4.90 Å². The van der Waals surface area contributed by atoms with Gasteiger partial charge in [0.1, 0.15) is 0 Å². The lowest BCUT2D eigenvalue weighted by atomic mass is 9.70. The summed E-state index contributed by atoms with van der Waals surface area (Å²) in [6.07, 6.45) is 0. The number of thiophene rings is 1. The summed E-state index contributed by atoms with van der Waals surface area (Å²) in [7, 11) is 0. The number of fused-ring (bicyclic) bond motifs is 20. The lowest BCUT2D eigenvalue weighted by Crippen LogP contribution is -2.26. The molecule has 1 spiro atoms. The number of rotatable bonds is 5. The molecule has 2 aliphatic carbocycles. The topological polar surface area (TPSA) is 3.24 Å². The first-order valence-corrected chi connectivity index (χ1v) is 26.1. The van der Waals surface area contributed by atoms with Crippen molar-refractivity contribution in [2.45, 2.75) is 5.41 Å². The summed E-state index contributed by atoms with van der Waals surface area (Å²) >= 11 is 1.90. The second-order valence-corrected chi connectivity index (χ2v) is 20.9. The number of hydrogen-bond donors (Lipinski definition) is 0. The van der Waals surface area contributed by atoms with Crippen LogP contribution < -0.4 is 4.90 Å². The van der Waals surface area contributed by atoms with E-state index < -0.39 is 5.41 Å². The van der Waals surface area contributed by atoms with Crippen LogP contribution in [0.2, 0.25) is 0 Å². The highest BCUT2D eigenvalue weighted by atomic mass is 32.1. The van der Waals surface area contributed by atoms with Gasteiger partial charge in [-0.25, -0.2) is 0 Å². The van der Waals surface area contributed by atoms with Crippen molar-refractivity contribution in [1.82, 2.24) is 0 Å². The zero-order valence-corrected chi connectivity index (χ0v) is 40.5. The van der Waals surface area contributed by atoms with E-state index in [0.29, 0.717) is 0 Å². The van der Waals surface area contributed by atoms with Gasteiger partial charge in [0.05, 0.1) is 11.1 Å². The Morgan fingerprint density at radius 1 is 0.274 bits per heavy atom. The second-order valence-electron chi connectivity index (χ2n) is 19.8. The van der Waals surface area contributed by atoms with Gasteiger partial charge in [-0.2, -0.15) is 0 Å². The molecule has 1 heterocycles. The monoisotopic (exact) mass is 941 g/mol. The van der Waals surface area contributed by atoms with Crippen molar-refractivity contribution in [3.8, 4) is 44.5 Å². The molecule has 2 aliphatic rings. The van der Waals surface area contributed by atoms with Crippen LogP contribution in [-0.4, -0.2) is 0 Å². The van der Waals surface area contributed by atoms with E-state index in [4.69, 9.17) is 0 Å². The third kappa shape index (κ3) is 5.67. The normalized spacial score (nSPS) is 13.0. The number of anilines is 3. The Kier molecular flexibility index (Phi) is 8.60. The van der Waals surface area contributed by atoms with E-state index >= 15 is 0 Å². The molecule has 16 rings (SSSR count). The van der Waals surface area contributed by atoms with E-state index in [-0.39, 0.29) is 0 Å². The maximum atomic E-state index is 2.59. The molecule has 0 aliphatic heterocycles. The third-order valence-corrected chi connectivity index (χ3v) is 17.5. The summed E-state index contributed by atoms with van der Waals surface area (Å²) in [5.41, 5.74) is 18.1. The van der Waals surface area contributed by atoms with Gasteiger partial charge in [0.2, 0.25) is 0 Å². The van der Waals surface area contributed by atoms with E-state index in [1.54, 1.807) is 0 Å².